The van der Waals surface area contributed by atoms with Crippen LogP contribution < -0.4 is 15.0 Å². The van der Waals surface area contributed by atoms with Gasteiger partial charge in [0.1, 0.15) is 11.8 Å². The van der Waals surface area contributed by atoms with Gasteiger partial charge < -0.3 is 19.5 Å². The first-order chi connectivity index (χ1) is 12.0. The molecule has 0 aliphatic carbocycles. The largest absolute Gasteiger partial charge is 0.479 e. The van der Waals surface area contributed by atoms with Gasteiger partial charge in [-0.2, -0.15) is 4.98 Å². The minimum Gasteiger partial charge on any atom is -0.479 e. The topological polar surface area (TPSA) is 97.6 Å². The second-order valence-corrected chi connectivity index (χ2v) is 5.94. The van der Waals surface area contributed by atoms with Crippen LogP contribution in [0.4, 0.5) is 5.69 Å². The number of carbonyl (C=O) groups is 2. The summed E-state index contributed by atoms with van der Waals surface area (Å²) in [5, 5.41) is 6.50. The molecule has 0 fully saturated rings. The zero-order valence-electron chi connectivity index (χ0n) is 14.4. The molecule has 1 aromatic carbocycles. The van der Waals surface area contributed by atoms with E-state index in [1.165, 1.54) is 0 Å². The van der Waals surface area contributed by atoms with E-state index in [1.54, 1.807) is 31.7 Å². The van der Waals surface area contributed by atoms with E-state index in [9.17, 15) is 9.59 Å². The lowest BCUT2D eigenvalue weighted by atomic mass is 10.1. The first kappa shape index (κ1) is 16.9. The molecule has 0 radical (unpaired) electrons. The Labute approximate surface area is 145 Å². The van der Waals surface area contributed by atoms with Gasteiger partial charge in [0.2, 0.25) is 11.8 Å². The van der Waals surface area contributed by atoms with E-state index in [4.69, 9.17) is 9.26 Å². The highest BCUT2D eigenvalue weighted by molar-refractivity contribution is 6.00. The van der Waals surface area contributed by atoms with Crippen molar-refractivity contribution >= 4 is 17.5 Å². The predicted octanol–water partition coefficient (Wildman–Crippen LogP) is 1.76. The summed E-state index contributed by atoms with van der Waals surface area (Å²) < 4.78 is 10.6. The van der Waals surface area contributed by atoms with Crippen LogP contribution >= 0.6 is 0 Å². The molecule has 2 aromatic rings. The van der Waals surface area contributed by atoms with Gasteiger partial charge in [0, 0.05) is 13.0 Å². The molecule has 0 saturated carbocycles. The second-order valence-electron chi connectivity index (χ2n) is 5.94. The highest BCUT2D eigenvalue weighted by Gasteiger charge is 2.31. The van der Waals surface area contributed by atoms with Gasteiger partial charge in [-0.15, -0.1) is 0 Å². The van der Waals surface area contributed by atoms with Crippen LogP contribution in [0.3, 0.4) is 0 Å². The molecule has 132 valence electrons. The number of carbonyl (C=O) groups excluding carboxylic acids is 2. The van der Waals surface area contributed by atoms with Crippen molar-refractivity contribution in [3.8, 4) is 5.75 Å². The van der Waals surface area contributed by atoms with Gasteiger partial charge in [-0.1, -0.05) is 17.3 Å². The van der Waals surface area contributed by atoms with Gasteiger partial charge in [0.05, 0.1) is 5.69 Å². The van der Waals surface area contributed by atoms with E-state index in [2.05, 4.69) is 15.5 Å². The molecule has 25 heavy (non-hydrogen) atoms. The van der Waals surface area contributed by atoms with Gasteiger partial charge in [-0.25, -0.2) is 0 Å². The summed E-state index contributed by atoms with van der Waals surface area (Å²) in [5.41, 5.74) is 0.680. The fourth-order valence-corrected chi connectivity index (χ4v) is 2.67. The van der Waals surface area contributed by atoms with E-state index in [0.29, 0.717) is 23.2 Å². The Morgan fingerprint density at radius 1 is 1.40 bits per heavy atom. The monoisotopic (exact) mass is 344 g/mol. The molecule has 2 atom stereocenters. The van der Waals surface area contributed by atoms with Crippen molar-refractivity contribution in [3.63, 3.8) is 0 Å². The Kier molecular flexibility index (Phi) is 4.69. The fraction of sp³-hybridized carbons (Fsp3) is 0.412. The van der Waals surface area contributed by atoms with Crippen molar-refractivity contribution in [3.05, 3.63) is 36.0 Å². The molecule has 8 heteroatoms. The van der Waals surface area contributed by atoms with Crippen LogP contribution in [0.5, 0.6) is 5.75 Å². The van der Waals surface area contributed by atoms with Crippen molar-refractivity contribution in [1.29, 1.82) is 0 Å². The smallest absolute Gasteiger partial charge is 0.267 e. The number of nitrogens with zero attached hydrogens (tertiary/aromatic N) is 3. The van der Waals surface area contributed by atoms with E-state index in [0.717, 1.165) is 0 Å². The molecule has 3 rings (SSSR count). The quantitative estimate of drug-likeness (QED) is 0.887. The van der Waals surface area contributed by atoms with Gasteiger partial charge in [0.25, 0.3) is 5.91 Å². The maximum atomic E-state index is 12.4. The molecule has 1 aliphatic rings. The van der Waals surface area contributed by atoms with Crippen molar-refractivity contribution in [1.82, 2.24) is 15.5 Å². The molecule has 1 N–H and O–H groups in total. The minimum absolute atomic E-state index is 0.157. The lowest BCUT2D eigenvalue weighted by molar-refractivity contribution is -0.125. The molecule has 8 nitrogen and oxygen atoms in total. The minimum atomic E-state index is -0.571. The normalized spacial score (nSPS) is 17.6. The summed E-state index contributed by atoms with van der Waals surface area (Å²) in [6.45, 7) is 5.45. The number of amides is 2. The third-order valence-electron chi connectivity index (χ3n) is 3.93. The lowest BCUT2D eigenvalue weighted by Gasteiger charge is -2.32. The average Bonchev–Trinajstić information content (AvgIpc) is 3.02. The molecule has 2 heterocycles. The number of hydrogen-bond acceptors (Lipinski definition) is 6. The Morgan fingerprint density at radius 3 is 2.88 bits per heavy atom. The number of aryl methyl sites for hydroxylation is 1. The number of fused-ring (bicyclic) bond motifs is 1. The van der Waals surface area contributed by atoms with Gasteiger partial charge in [0.15, 0.2) is 11.9 Å². The number of ether oxygens (including phenoxy) is 1. The Balaban J connectivity index is 1.62. The lowest BCUT2D eigenvalue weighted by Crippen LogP contribution is -2.45. The first-order valence-electron chi connectivity index (χ1n) is 8.12. The number of para-hydroxylation sites is 2. The second kappa shape index (κ2) is 6.92. The summed E-state index contributed by atoms with van der Waals surface area (Å²) >= 11 is 0. The fourth-order valence-electron chi connectivity index (χ4n) is 2.67. The Hall–Kier alpha value is -2.90. The molecule has 1 aromatic heterocycles. The number of anilines is 1. The van der Waals surface area contributed by atoms with Gasteiger partial charge in [-0.3, -0.25) is 9.59 Å². The summed E-state index contributed by atoms with van der Waals surface area (Å²) in [6, 6.07) is 6.91. The third-order valence-corrected chi connectivity index (χ3v) is 3.93. The third kappa shape index (κ3) is 3.62. The van der Waals surface area contributed by atoms with E-state index in [-0.39, 0.29) is 30.8 Å². The SMILES string of the molecule is Cc1noc([C@H](C)NC(=O)CCN2C(=O)[C@H](C)Oc3ccccc32)n1. The molecule has 0 bridgehead atoms. The number of benzene rings is 1. The number of aromatic nitrogens is 2. The zero-order valence-corrected chi connectivity index (χ0v) is 14.4. The molecule has 0 spiro atoms. The van der Waals surface area contributed by atoms with Crippen LogP contribution in [-0.4, -0.2) is 34.6 Å². The molecule has 2 amide bonds. The van der Waals surface area contributed by atoms with E-state index in [1.807, 2.05) is 18.2 Å². The zero-order chi connectivity index (χ0) is 18.0. The van der Waals surface area contributed by atoms with Crippen molar-refractivity contribution in [2.75, 3.05) is 11.4 Å². The summed E-state index contributed by atoms with van der Waals surface area (Å²) in [4.78, 5) is 30.3. The summed E-state index contributed by atoms with van der Waals surface area (Å²) in [6.07, 6.45) is -0.414. The van der Waals surface area contributed by atoms with Crippen molar-refractivity contribution in [2.24, 2.45) is 0 Å². The molecular weight excluding hydrogens is 324 g/mol. The van der Waals surface area contributed by atoms with Crippen LogP contribution in [0.15, 0.2) is 28.8 Å². The molecule has 1 aliphatic heterocycles. The van der Waals surface area contributed by atoms with E-state index >= 15 is 0 Å². The van der Waals surface area contributed by atoms with Crippen LogP contribution in [0.1, 0.15) is 38.0 Å². The van der Waals surface area contributed by atoms with Crippen LogP contribution in [0.2, 0.25) is 0 Å². The number of rotatable bonds is 5. The van der Waals surface area contributed by atoms with Crippen LogP contribution in [0, 0.1) is 6.92 Å². The Bertz CT molecular complexity index is 788. The number of nitrogens with one attached hydrogen (secondary N) is 1. The van der Waals surface area contributed by atoms with Gasteiger partial charge in [-0.05, 0) is 32.9 Å². The van der Waals surface area contributed by atoms with Crippen molar-refractivity contribution < 1.29 is 18.8 Å². The highest BCUT2D eigenvalue weighted by Crippen LogP contribution is 2.33. The maximum absolute atomic E-state index is 12.4. The Morgan fingerprint density at radius 2 is 2.16 bits per heavy atom. The number of hydrogen-bond donors (Lipinski definition) is 1. The van der Waals surface area contributed by atoms with Gasteiger partial charge >= 0.3 is 0 Å². The first-order valence-corrected chi connectivity index (χ1v) is 8.12. The van der Waals surface area contributed by atoms with Crippen LogP contribution in [-0.2, 0) is 9.59 Å². The molecule has 0 unspecified atom stereocenters. The van der Waals surface area contributed by atoms with Crippen LogP contribution in [0.25, 0.3) is 0 Å². The average molecular weight is 344 g/mol. The van der Waals surface area contributed by atoms with E-state index < -0.39 is 6.10 Å². The molecular formula is C17H20N4O4. The van der Waals surface area contributed by atoms with Crippen molar-refractivity contribution in [2.45, 2.75) is 39.3 Å². The standard InChI is InChI=1S/C17H20N4O4/c1-10(16-19-12(3)20-25-16)18-15(22)8-9-21-13-6-4-5-7-14(13)24-11(2)17(21)23/h4-7,10-11H,8-9H2,1-3H3,(H,18,22)/t10-,11-/m0/s1. The molecule has 0 saturated heterocycles. The highest BCUT2D eigenvalue weighted by atomic mass is 16.5. The maximum Gasteiger partial charge on any atom is 0.267 e. The predicted molar refractivity (Wildman–Crippen MR) is 89.1 cm³/mol. The summed E-state index contributed by atoms with van der Waals surface area (Å²) in [7, 11) is 0. The summed E-state index contributed by atoms with van der Waals surface area (Å²) in [5.74, 6) is 1.15.